The molecule has 0 spiro atoms. The van der Waals surface area contributed by atoms with Crippen molar-refractivity contribution in [1.82, 2.24) is 24.9 Å². The number of piperazine rings is 1. The first-order valence-electron chi connectivity index (χ1n) is 8.71. The number of hydrogen-bond donors (Lipinski definition) is 2. The van der Waals surface area contributed by atoms with Gasteiger partial charge in [0.25, 0.3) is 0 Å². The van der Waals surface area contributed by atoms with Gasteiger partial charge in [-0.15, -0.1) is 0 Å². The molecule has 2 atom stereocenters. The lowest BCUT2D eigenvalue weighted by Gasteiger charge is -2.41. The van der Waals surface area contributed by atoms with E-state index in [1.807, 2.05) is 35.7 Å². The zero-order valence-corrected chi connectivity index (χ0v) is 15.3. The van der Waals surface area contributed by atoms with Gasteiger partial charge >= 0.3 is 6.03 Å². The summed E-state index contributed by atoms with van der Waals surface area (Å²) < 4.78 is 1.88. The molecule has 0 unspecified atom stereocenters. The van der Waals surface area contributed by atoms with Gasteiger partial charge in [0.2, 0.25) is 0 Å². The molecule has 7 nitrogen and oxygen atoms in total. The van der Waals surface area contributed by atoms with E-state index in [0.717, 1.165) is 19.6 Å². The third-order valence-electron chi connectivity index (χ3n) is 4.24. The van der Waals surface area contributed by atoms with Gasteiger partial charge in [-0.25, -0.2) is 4.79 Å². The molecule has 1 fully saturated rings. The van der Waals surface area contributed by atoms with Crippen LogP contribution in [0.25, 0.3) is 0 Å². The fourth-order valence-corrected chi connectivity index (χ4v) is 3.18. The van der Waals surface area contributed by atoms with Crippen LogP contribution in [0.1, 0.15) is 27.7 Å². The highest BCUT2D eigenvalue weighted by atomic mass is 16.3. The summed E-state index contributed by atoms with van der Waals surface area (Å²) in [5, 5.41) is 17.2. The van der Waals surface area contributed by atoms with E-state index in [1.165, 1.54) is 0 Å². The fourth-order valence-electron chi connectivity index (χ4n) is 3.18. The monoisotopic (exact) mass is 337 g/mol. The number of aliphatic hydroxyl groups is 1. The molecule has 0 radical (unpaired) electrons. The van der Waals surface area contributed by atoms with Crippen LogP contribution in [0.5, 0.6) is 0 Å². The minimum atomic E-state index is -0.702. The van der Waals surface area contributed by atoms with Crippen LogP contribution in [0.15, 0.2) is 18.5 Å². The number of hydrogen-bond acceptors (Lipinski definition) is 4. The van der Waals surface area contributed by atoms with Crippen LogP contribution in [-0.4, -0.2) is 75.1 Å². The second-order valence-electron chi connectivity index (χ2n) is 7.61. The Balaban J connectivity index is 1.74. The van der Waals surface area contributed by atoms with Crippen LogP contribution >= 0.6 is 0 Å². The lowest BCUT2D eigenvalue weighted by Crippen LogP contribution is -2.58. The number of carbonyl (C=O) groups is 1. The molecule has 7 heteroatoms. The quantitative estimate of drug-likeness (QED) is 0.812. The van der Waals surface area contributed by atoms with E-state index in [9.17, 15) is 9.90 Å². The maximum atomic E-state index is 12.4. The number of rotatable bonds is 6. The van der Waals surface area contributed by atoms with Gasteiger partial charge in [0.1, 0.15) is 0 Å². The molecule has 1 saturated heterocycles. The Hall–Kier alpha value is -1.60. The molecular weight excluding hydrogens is 306 g/mol. The van der Waals surface area contributed by atoms with Crippen LogP contribution in [0.4, 0.5) is 4.79 Å². The highest BCUT2D eigenvalue weighted by Gasteiger charge is 2.29. The molecule has 1 aromatic rings. The molecule has 1 aromatic heterocycles. The van der Waals surface area contributed by atoms with Crippen molar-refractivity contribution in [3.63, 3.8) is 0 Å². The van der Waals surface area contributed by atoms with Gasteiger partial charge in [0.15, 0.2) is 0 Å². The largest absolute Gasteiger partial charge is 0.389 e. The van der Waals surface area contributed by atoms with Gasteiger partial charge in [-0.3, -0.25) is 9.58 Å². The van der Waals surface area contributed by atoms with Crippen LogP contribution in [0.2, 0.25) is 0 Å². The third kappa shape index (κ3) is 5.79. The Morgan fingerprint density at radius 2 is 2.21 bits per heavy atom. The Kier molecular flexibility index (Phi) is 6.23. The van der Waals surface area contributed by atoms with Gasteiger partial charge in [-0.2, -0.15) is 5.10 Å². The van der Waals surface area contributed by atoms with Crippen LogP contribution < -0.4 is 5.32 Å². The molecule has 2 heterocycles. The predicted molar refractivity (Wildman–Crippen MR) is 93.7 cm³/mol. The predicted octanol–water partition coefficient (Wildman–Crippen LogP) is 1.01. The number of carbonyl (C=O) groups excluding carboxylic acids is 1. The maximum Gasteiger partial charge on any atom is 0.317 e. The highest BCUT2D eigenvalue weighted by Crippen LogP contribution is 2.13. The first-order valence-corrected chi connectivity index (χ1v) is 8.71. The van der Waals surface area contributed by atoms with Gasteiger partial charge in [-0.05, 0) is 32.8 Å². The second kappa shape index (κ2) is 7.98. The summed E-state index contributed by atoms with van der Waals surface area (Å²) in [6.45, 7) is 12.1. The molecule has 24 heavy (non-hydrogen) atoms. The molecule has 0 bridgehead atoms. The summed E-state index contributed by atoms with van der Waals surface area (Å²) in [7, 11) is 0. The summed E-state index contributed by atoms with van der Waals surface area (Å²) in [5.74, 6) is 0.320. The van der Waals surface area contributed by atoms with E-state index in [2.05, 4.69) is 29.2 Å². The molecular formula is C17H31N5O2. The molecule has 0 saturated carbocycles. The van der Waals surface area contributed by atoms with Crippen molar-refractivity contribution in [3.8, 4) is 0 Å². The van der Waals surface area contributed by atoms with Gasteiger partial charge in [0.05, 0.1) is 5.60 Å². The molecule has 2 rings (SSSR count). The molecule has 2 amide bonds. The zero-order chi connectivity index (χ0) is 17.7. The number of nitrogens with one attached hydrogen (secondary N) is 1. The van der Waals surface area contributed by atoms with E-state index >= 15 is 0 Å². The van der Waals surface area contributed by atoms with Crippen molar-refractivity contribution in [2.24, 2.45) is 5.92 Å². The summed E-state index contributed by atoms with van der Waals surface area (Å²) >= 11 is 0. The molecule has 0 aliphatic carbocycles. The van der Waals surface area contributed by atoms with Crippen molar-refractivity contribution in [1.29, 1.82) is 0 Å². The second-order valence-corrected chi connectivity index (χ2v) is 7.61. The van der Waals surface area contributed by atoms with Gasteiger partial charge < -0.3 is 15.3 Å². The number of urea groups is 1. The maximum absolute atomic E-state index is 12.4. The highest BCUT2D eigenvalue weighted by molar-refractivity contribution is 5.74. The van der Waals surface area contributed by atoms with Crippen LogP contribution in [0.3, 0.4) is 0 Å². The Morgan fingerprint density at radius 3 is 2.79 bits per heavy atom. The van der Waals surface area contributed by atoms with Gasteiger partial charge in [-0.1, -0.05) is 6.92 Å². The smallest absolute Gasteiger partial charge is 0.317 e. The van der Waals surface area contributed by atoms with Gasteiger partial charge in [0, 0.05) is 57.7 Å². The lowest BCUT2D eigenvalue weighted by atomic mass is 10.1. The topological polar surface area (TPSA) is 73.6 Å². The normalized spacial score (nSPS) is 20.9. The SMILES string of the molecule is C[C@@H](CNC(=O)N1CCN(CC(C)(C)O)C[C@@H]1C)Cn1cccn1. The Labute approximate surface area is 144 Å². The third-order valence-corrected chi connectivity index (χ3v) is 4.24. The average Bonchev–Trinajstić information content (AvgIpc) is 2.96. The van der Waals surface area contributed by atoms with Crippen molar-refractivity contribution in [3.05, 3.63) is 18.5 Å². The lowest BCUT2D eigenvalue weighted by molar-refractivity contribution is 0.0118. The molecule has 136 valence electrons. The summed E-state index contributed by atoms with van der Waals surface area (Å²) in [6.07, 6.45) is 3.70. The van der Waals surface area contributed by atoms with E-state index in [0.29, 0.717) is 25.6 Å². The Morgan fingerprint density at radius 1 is 1.46 bits per heavy atom. The number of nitrogens with zero attached hydrogens (tertiary/aromatic N) is 4. The number of β-amino-alcohol motifs (C(OH)–C–C–N with tert-alkyl or cyclic N) is 1. The average molecular weight is 337 g/mol. The van der Waals surface area contributed by atoms with Crippen molar-refractivity contribution >= 4 is 6.03 Å². The first-order chi connectivity index (χ1) is 11.2. The van der Waals surface area contributed by atoms with E-state index in [-0.39, 0.29) is 12.1 Å². The summed E-state index contributed by atoms with van der Waals surface area (Å²) in [5.41, 5.74) is -0.702. The number of aromatic nitrogens is 2. The zero-order valence-electron chi connectivity index (χ0n) is 15.3. The minimum Gasteiger partial charge on any atom is -0.389 e. The molecule has 1 aliphatic rings. The minimum absolute atomic E-state index is 0.00211. The summed E-state index contributed by atoms with van der Waals surface area (Å²) in [6, 6.07) is 2.04. The van der Waals surface area contributed by atoms with Crippen molar-refractivity contribution < 1.29 is 9.90 Å². The van der Waals surface area contributed by atoms with E-state index < -0.39 is 5.60 Å². The van der Waals surface area contributed by atoms with E-state index in [4.69, 9.17) is 0 Å². The molecule has 0 aromatic carbocycles. The fraction of sp³-hybridized carbons (Fsp3) is 0.765. The number of amides is 2. The summed E-state index contributed by atoms with van der Waals surface area (Å²) in [4.78, 5) is 16.5. The molecule has 1 aliphatic heterocycles. The van der Waals surface area contributed by atoms with E-state index in [1.54, 1.807) is 6.20 Å². The van der Waals surface area contributed by atoms with Crippen LogP contribution in [-0.2, 0) is 6.54 Å². The van der Waals surface area contributed by atoms with Crippen molar-refractivity contribution in [2.75, 3.05) is 32.7 Å². The van der Waals surface area contributed by atoms with Crippen molar-refractivity contribution in [2.45, 2.75) is 45.9 Å². The molecule has 2 N–H and O–H groups in total. The Bertz CT molecular complexity index is 512. The standard InChI is InChI=1S/C17H31N5O2/c1-14(11-21-7-5-6-19-21)10-18-16(23)22-9-8-20(12-15(22)2)13-17(3,4)24/h5-7,14-15,24H,8-13H2,1-4H3,(H,18,23)/t14-,15-/m0/s1. The van der Waals surface area contributed by atoms with Crippen LogP contribution in [0, 0.1) is 5.92 Å². The first kappa shape index (κ1) is 18.7.